The predicted molar refractivity (Wildman–Crippen MR) is 121 cm³/mol. The number of aryl methyl sites for hydroxylation is 1. The topological polar surface area (TPSA) is 107 Å². The summed E-state index contributed by atoms with van der Waals surface area (Å²) in [6.45, 7) is 7.00. The minimum Gasteiger partial charge on any atom is -0.494 e. The van der Waals surface area contributed by atoms with E-state index in [4.69, 9.17) is 15.0 Å². The van der Waals surface area contributed by atoms with Crippen LogP contribution in [0.25, 0.3) is 0 Å². The number of piperidine rings is 1. The quantitative estimate of drug-likeness (QED) is 0.487. The lowest BCUT2D eigenvalue weighted by atomic mass is 9.92. The standard InChI is InChI=1S/C23H33F2N5O3/c1-15(13-26)14-27-22(31)19-6-5-18(12-16(19)2)32-11-3-4-17-7-9-30(10-8-17)23-28-21(20(24)25)29-33-23/h5-6,12,15,17,20H,3-4,7-11,13-14,26H2,1-2H3,(H,27,31). The molecule has 1 aromatic carbocycles. The molecule has 0 spiro atoms. The zero-order valence-corrected chi connectivity index (χ0v) is 19.2. The zero-order chi connectivity index (χ0) is 23.8. The Kier molecular flexibility index (Phi) is 8.99. The highest BCUT2D eigenvalue weighted by Gasteiger charge is 2.24. The molecule has 1 aliphatic heterocycles. The number of amides is 1. The van der Waals surface area contributed by atoms with Gasteiger partial charge in [-0.25, -0.2) is 8.78 Å². The number of nitrogens with one attached hydrogen (secondary N) is 1. The lowest BCUT2D eigenvalue weighted by Gasteiger charge is -2.30. The summed E-state index contributed by atoms with van der Waals surface area (Å²) in [7, 11) is 0. The van der Waals surface area contributed by atoms with Crippen molar-refractivity contribution in [2.24, 2.45) is 17.6 Å². The van der Waals surface area contributed by atoms with E-state index in [2.05, 4.69) is 15.5 Å². The molecule has 1 unspecified atom stereocenters. The van der Waals surface area contributed by atoms with Crippen LogP contribution in [-0.4, -0.2) is 48.8 Å². The van der Waals surface area contributed by atoms with E-state index in [0.29, 0.717) is 44.3 Å². The van der Waals surface area contributed by atoms with Crippen molar-refractivity contribution in [2.45, 2.75) is 46.0 Å². The van der Waals surface area contributed by atoms with E-state index >= 15 is 0 Å². The molecule has 33 heavy (non-hydrogen) atoms. The first-order chi connectivity index (χ1) is 15.9. The van der Waals surface area contributed by atoms with E-state index < -0.39 is 12.2 Å². The lowest BCUT2D eigenvalue weighted by Crippen LogP contribution is -2.34. The third kappa shape index (κ3) is 7.12. The number of hydrogen-bond acceptors (Lipinski definition) is 7. The van der Waals surface area contributed by atoms with E-state index in [1.165, 1.54) is 0 Å². The molecule has 3 N–H and O–H groups in total. The van der Waals surface area contributed by atoms with Gasteiger partial charge in [-0.15, -0.1) is 0 Å². The highest BCUT2D eigenvalue weighted by molar-refractivity contribution is 5.95. The maximum absolute atomic E-state index is 12.6. The molecule has 1 aromatic heterocycles. The van der Waals surface area contributed by atoms with Gasteiger partial charge >= 0.3 is 12.4 Å². The Bertz CT molecular complexity index is 900. The second-order valence-electron chi connectivity index (χ2n) is 8.68. The Morgan fingerprint density at radius 3 is 2.76 bits per heavy atom. The molecule has 8 nitrogen and oxygen atoms in total. The SMILES string of the molecule is Cc1cc(OCCCC2CCN(c3nc(C(F)F)no3)CC2)ccc1C(=O)NCC(C)CN. The van der Waals surface area contributed by atoms with Crippen molar-refractivity contribution in [3.8, 4) is 5.75 Å². The van der Waals surface area contributed by atoms with Crippen LogP contribution in [0.2, 0.25) is 0 Å². The molecule has 0 aliphatic carbocycles. The zero-order valence-electron chi connectivity index (χ0n) is 19.2. The van der Waals surface area contributed by atoms with Gasteiger partial charge < -0.3 is 25.2 Å². The molecule has 1 atom stereocenters. The van der Waals surface area contributed by atoms with Crippen LogP contribution in [-0.2, 0) is 0 Å². The van der Waals surface area contributed by atoms with Gasteiger partial charge in [-0.3, -0.25) is 4.79 Å². The maximum Gasteiger partial charge on any atom is 0.324 e. The van der Waals surface area contributed by atoms with Crippen LogP contribution in [0.5, 0.6) is 5.75 Å². The summed E-state index contributed by atoms with van der Waals surface area (Å²) in [5.41, 5.74) is 7.10. The normalized spacial score (nSPS) is 15.6. The molecule has 182 valence electrons. The second-order valence-corrected chi connectivity index (χ2v) is 8.68. The Morgan fingerprint density at radius 1 is 1.36 bits per heavy atom. The molecule has 2 aromatic rings. The maximum atomic E-state index is 12.6. The summed E-state index contributed by atoms with van der Waals surface area (Å²) in [6, 6.07) is 5.68. The van der Waals surface area contributed by atoms with E-state index in [1.807, 2.05) is 30.9 Å². The van der Waals surface area contributed by atoms with Gasteiger partial charge in [0.05, 0.1) is 6.61 Å². The number of alkyl halides is 2. The van der Waals surface area contributed by atoms with Gasteiger partial charge in [0.2, 0.25) is 5.82 Å². The first-order valence-electron chi connectivity index (χ1n) is 11.5. The smallest absolute Gasteiger partial charge is 0.324 e. The molecule has 1 saturated heterocycles. The first-order valence-corrected chi connectivity index (χ1v) is 11.5. The number of hydrogen-bond donors (Lipinski definition) is 2. The van der Waals surface area contributed by atoms with Crippen molar-refractivity contribution < 1.29 is 22.8 Å². The third-order valence-electron chi connectivity index (χ3n) is 5.99. The van der Waals surface area contributed by atoms with E-state index in [1.54, 1.807) is 6.07 Å². The van der Waals surface area contributed by atoms with Crippen LogP contribution in [0.3, 0.4) is 0 Å². The highest BCUT2D eigenvalue weighted by atomic mass is 19.3. The Balaban J connectivity index is 1.36. The van der Waals surface area contributed by atoms with Gasteiger partial charge in [0, 0.05) is 25.2 Å². The molecule has 0 bridgehead atoms. The number of nitrogens with zero attached hydrogens (tertiary/aromatic N) is 3. The van der Waals surface area contributed by atoms with Crippen LogP contribution in [0.1, 0.15) is 60.8 Å². The van der Waals surface area contributed by atoms with Crippen LogP contribution >= 0.6 is 0 Å². The van der Waals surface area contributed by atoms with Gasteiger partial charge in [0.15, 0.2) is 0 Å². The number of rotatable bonds is 11. The van der Waals surface area contributed by atoms with Gasteiger partial charge in [0.1, 0.15) is 5.75 Å². The van der Waals surface area contributed by atoms with E-state index in [9.17, 15) is 13.6 Å². The number of anilines is 1. The number of benzene rings is 1. The fraction of sp³-hybridized carbons (Fsp3) is 0.609. The monoisotopic (exact) mass is 465 g/mol. The second kappa shape index (κ2) is 11.9. The van der Waals surface area contributed by atoms with Crippen LogP contribution in [0, 0.1) is 18.8 Å². The third-order valence-corrected chi connectivity index (χ3v) is 5.99. The van der Waals surface area contributed by atoms with Crippen LogP contribution in [0.15, 0.2) is 22.7 Å². The Labute approximate surface area is 192 Å². The molecule has 1 aliphatic rings. The molecule has 1 fully saturated rings. The number of aromatic nitrogens is 2. The van der Waals surface area contributed by atoms with Gasteiger partial charge in [-0.05, 0) is 74.8 Å². The Hall–Kier alpha value is -2.75. The largest absolute Gasteiger partial charge is 0.494 e. The summed E-state index contributed by atoms with van der Waals surface area (Å²) in [4.78, 5) is 18.0. The van der Waals surface area contributed by atoms with Crippen molar-refractivity contribution >= 4 is 11.9 Å². The fourth-order valence-corrected chi connectivity index (χ4v) is 3.84. The van der Waals surface area contributed by atoms with Crippen molar-refractivity contribution in [1.29, 1.82) is 0 Å². The predicted octanol–water partition coefficient (Wildman–Crippen LogP) is 3.72. The molecular weight excluding hydrogens is 432 g/mol. The number of nitrogens with two attached hydrogens (primary N) is 1. The molecule has 3 rings (SSSR count). The molecule has 2 heterocycles. The summed E-state index contributed by atoms with van der Waals surface area (Å²) in [5.74, 6) is 0.874. The van der Waals surface area contributed by atoms with Crippen molar-refractivity contribution in [1.82, 2.24) is 15.5 Å². The van der Waals surface area contributed by atoms with Gasteiger partial charge in [0.25, 0.3) is 5.91 Å². The van der Waals surface area contributed by atoms with E-state index in [-0.39, 0.29) is 17.8 Å². The number of ether oxygens (including phenoxy) is 1. The first kappa shape index (κ1) is 24.9. The number of halogens is 2. The average molecular weight is 466 g/mol. The van der Waals surface area contributed by atoms with Gasteiger partial charge in [-0.2, -0.15) is 4.98 Å². The lowest BCUT2D eigenvalue weighted by molar-refractivity contribution is 0.0948. The minimum absolute atomic E-state index is 0.100. The molecule has 0 saturated carbocycles. The van der Waals surface area contributed by atoms with Crippen molar-refractivity contribution in [2.75, 3.05) is 37.7 Å². The molecule has 0 radical (unpaired) electrons. The summed E-state index contributed by atoms with van der Waals surface area (Å²) in [6.07, 6.45) is 1.11. The Morgan fingerprint density at radius 2 is 2.12 bits per heavy atom. The van der Waals surface area contributed by atoms with Crippen LogP contribution in [0.4, 0.5) is 14.8 Å². The number of carbonyl (C=O) groups is 1. The van der Waals surface area contributed by atoms with E-state index in [0.717, 1.165) is 37.0 Å². The molecular formula is C23H33F2N5O3. The van der Waals surface area contributed by atoms with Gasteiger partial charge in [-0.1, -0.05) is 12.1 Å². The minimum atomic E-state index is -2.72. The summed E-state index contributed by atoms with van der Waals surface area (Å²) < 4.78 is 36.1. The van der Waals surface area contributed by atoms with Crippen molar-refractivity contribution in [3.63, 3.8) is 0 Å². The average Bonchev–Trinajstić information content (AvgIpc) is 3.31. The van der Waals surface area contributed by atoms with Crippen LogP contribution < -0.4 is 20.7 Å². The number of carbonyl (C=O) groups excluding carboxylic acids is 1. The van der Waals surface area contributed by atoms with Crippen molar-refractivity contribution in [3.05, 3.63) is 35.2 Å². The summed E-state index contributed by atoms with van der Waals surface area (Å²) >= 11 is 0. The summed E-state index contributed by atoms with van der Waals surface area (Å²) in [5, 5.41) is 6.23. The molecule has 10 heteroatoms. The fourth-order valence-electron chi connectivity index (χ4n) is 3.84. The highest BCUT2D eigenvalue weighted by Crippen LogP contribution is 2.27. The molecule has 1 amide bonds.